The summed E-state index contributed by atoms with van der Waals surface area (Å²) in [5.74, 6) is 0.646. The number of halogens is 5. The number of amidine groups is 1. The van der Waals surface area contributed by atoms with E-state index in [4.69, 9.17) is 46.4 Å². The molecule has 7 nitrogen and oxygen atoms in total. The molecular weight excluding hydrogens is 599 g/mol. The summed E-state index contributed by atoms with van der Waals surface area (Å²) in [4.78, 5) is 10.5. The molecule has 3 aromatic carbocycles. The van der Waals surface area contributed by atoms with Gasteiger partial charge in [-0.2, -0.15) is 5.43 Å². The first-order chi connectivity index (χ1) is 14.4. The van der Waals surface area contributed by atoms with Gasteiger partial charge in [0.2, 0.25) is 0 Å². The Morgan fingerprint density at radius 2 is 1.55 bits per heavy atom. The van der Waals surface area contributed by atoms with Gasteiger partial charge in [-0.05, 0) is 30.3 Å². The van der Waals surface area contributed by atoms with Crippen LogP contribution in [0.25, 0.3) is 0 Å². The molecule has 0 aliphatic carbocycles. The number of nitro groups is 1. The number of nitro benzene ring substituents is 1. The van der Waals surface area contributed by atoms with Gasteiger partial charge in [0.25, 0.3) is 11.5 Å². The predicted octanol–water partition coefficient (Wildman–Crippen LogP) is 2.29. The zero-order valence-electron chi connectivity index (χ0n) is 15.3. The lowest BCUT2D eigenvalue weighted by atomic mass is 10.2. The summed E-state index contributed by atoms with van der Waals surface area (Å²) in [6, 6.07) is 17.1. The van der Waals surface area contributed by atoms with E-state index in [1.807, 2.05) is 30.3 Å². The van der Waals surface area contributed by atoms with Crippen molar-refractivity contribution in [1.29, 1.82) is 0 Å². The highest BCUT2D eigenvalue weighted by Crippen LogP contribution is 2.42. The summed E-state index contributed by atoms with van der Waals surface area (Å²) in [5.41, 5.74) is 3.62. The summed E-state index contributed by atoms with van der Waals surface area (Å²) in [5, 5.41) is 19.5. The van der Waals surface area contributed by atoms with Crippen LogP contribution in [0.1, 0.15) is 5.56 Å². The van der Waals surface area contributed by atoms with Crippen molar-refractivity contribution < 1.29 is 34.3 Å². The molecule has 1 aliphatic heterocycles. The Balaban J connectivity index is 0.00000272. The number of hydrazone groups is 1. The first-order valence-corrected chi connectivity index (χ1v) is 10.0. The van der Waals surface area contributed by atoms with E-state index in [2.05, 4.69) is 5.10 Å². The molecule has 31 heavy (non-hydrogen) atoms. The molecule has 0 spiro atoms. The molecule has 12 heteroatoms. The third-order valence-electron chi connectivity index (χ3n) is 4.34. The van der Waals surface area contributed by atoms with Gasteiger partial charge in [0.15, 0.2) is 0 Å². The highest BCUT2D eigenvalue weighted by atomic mass is 127. The van der Waals surface area contributed by atoms with Gasteiger partial charge in [0, 0.05) is 12.1 Å². The van der Waals surface area contributed by atoms with Crippen molar-refractivity contribution in [3.05, 3.63) is 96.4 Å². The van der Waals surface area contributed by atoms with Crippen molar-refractivity contribution in [2.75, 3.05) is 10.2 Å². The molecule has 0 atom stereocenters. The highest BCUT2D eigenvalue weighted by molar-refractivity contribution is 6.52. The van der Waals surface area contributed by atoms with Gasteiger partial charge in [-0.25, -0.2) is 0 Å². The summed E-state index contributed by atoms with van der Waals surface area (Å²) in [6.07, 6.45) is 0. The number of rotatable bonds is 4. The van der Waals surface area contributed by atoms with Crippen molar-refractivity contribution in [2.24, 2.45) is 5.10 Å². The van der Waals surface area contributed by atoms with Crippen LogP contribution >= 0.6 is 46.4 Å². The van der Waals surface area contributed by atoms with Gasteiger partial charge in [-0.1, -0.05) is 69.7 Å². The molecule has 2 N–H and O–H groups in total. The second kappa shape index (κ2) is 9.76. The van der Waals surface area contributed by atoms with E-state index in [-0.39, 0.29) is 49.8 Å². The number of nitrogens with two attached hydrogens (primary N) is 1. The molecule has 0 amide bonds. The molecule has 0 saturated heterocycles. The minimum Gasteiger partial charge on any atom is -1.00 e. The maximum atomic E-state index is 11.0. The zero-order valence-corrected chi connectivity index (χ0v) is 20.5. The van der Waals surface area contributed by atoms with Crippen LogP contribution in [0.15, 0.2) is 65.8 Å². The first-order valence-electron chi connectivity index (χ1n) is 8.52. The minimum absolute atomic E-state index is 0. The average molecular weight is 611 g/mol. The van der Waals surface area contributed by atoms with Crippen LogP contribution in [-0.4, -0.2) is 10.8 Å². The Labute approximate surface area is 214 Å². The topological polar surface area (TPSA) is 78.6 Å². The second-order valence-electron chi connectivity index (χ2n) is 6.21. The van der Waals surface area contributed by atoms with E-state index >= 15 is 0 Å². The Hall–Kier alpha value is -1.82. The number of hydrazine groups is 1. The smallest absolute Gasteiger partial charge is 0.277 e. The lowest BCUT2D eigenvalue weighted by molar-refractivity contribution is -0.545. The van der Waals surface area contributed by atoms with Gasteiger partial charge >= 0.3 is 0 Å². The molecule has 0 radical (unpaired) electrons. The number of anilines is 2. The van der Waals surface area contributed by atoms with Crippen molar-refractivity contribution >= 4 is 69.3 Å². The van der Waals surface area contributed by atoms with Gasteiger partial charge in [-0.15, -0.1) is 10.2 Å². The van der Waals surface area contributed by atoms with Gasteiger partial charge in [0.05, 0.1) is 36.3 Å². The molecule has 0 aromatic heterocycles. The quantitative estimate of drug-likeness (QED) is 0.123. The first kappa shape index (κ1) is 23.8. The fourth-order valence-corrected chi connectivity index (χ4v) is 3.75. The Morgan fingerprint density at radius 1 is 0.903 bits per heavy atom. The predicted molar refractivity (Wildman–Crippen MR) is 119 cm³/mol. The summed E-state index contributed by atoms with van der Waals surface area (Å²) in [6.45, 7) is 0. The number of hydrogen-bond acceptors (Lipinski definition) is 5. The zero-order chi connectivity index (χ0) is 21.4. The van der Waals surface area contributed by atoms with E-state index in [9.17, 15) is 10.1 Å². The number of non-ortho nitro benzene ring substituents is 1. The Bertz CT molecular complexity index is 1160. The standard InChI is InChI=1S/C19H11Cl4N5O2.HI/c20-14-10-15(17(22)18(23)16(14)21)27-25-19(11-4-2-1-3-5-11)24-26(27)12-6-8-13(9-7-12)28(29)30;/h1-10H,(H,24,25);1H. The summed E-state index contributed by atoms with van der Waals surface area (Å²) in [7, 11) is 0. The number of benzene rings is 3. The second-order valence-corrected chi connectivity index (χ2v) is 7.75. The van der Waals surface area contributed by atoms with E-state index in [0.29, 0.717) is 17.2 Å². The van der Waals surface area contributed by atoms with Crippen LogP contribution in [0.5, 0.6) is 0 Å². The maximum absolute atomic E-state index is 11.0. The van der Waals surface area contributed by atoms with Crippen molar-refractivity contribution in [1.82, 2.24) is 0 Å². The molecule has 3 aromatic rings. The largest absolute Gasteiger partial charge is 1.00 e. The van der Waals surface area contributed by atoms with Gasteiger partial charge in [-0.3, -0.25) is 10.1 Å². The van der Waals surface area contributed by atoms with Crippen molar-refractivity contribution in [3.8, 4) is 0 Å². The molecule has 1 heterocycles. The molecule has 4 rings (SSSR count). The van der Waals surface area contributed by atoms with E-state index in [1.165, 1.54) is 12.1 Å². The van der Waals surface area contributed by atoms with Crippen molar-refractivity contribution in [3.63, 3.8) is 0 Å². The van der Waals surface area contributed by atoms with Crippen LogP contribution in [0.3, 0.4) is 0 Å². The van der Waals surface area contributed by atoms with Crippen LogP contribution < -0.4 is 39.6 Å². The molecule has 0 fully saturated rings. The van der Waals surface area contributed by atoms with Gasteiger partial charge in [0.1, 0.15) is 5.69 Å². The summed E-state index contributed by atoms with van der Waals surface area (Å²) >= 11 is 25.0. The lowest BCUT2D eigenvalue weighted by Crippen LogP contribution is -3.00. The van der Waals surface area contributed by atoms with Crippen LogP contribution in [0.2, 0.25) is 20.1 Å². The van der Waals surface area contributed by atoms with Crippen LogP contribution in [-0.2, 0) is 0 Å². The number of hydrogen-bond donors (Lipinski definition) is 1. The van der Waals surface area contributed by atoms with E-state index in [0.717, 1.165) is 5.56 Å². The maximum Gasteiger partial charge on any atom is 0.277 e. The molecule has 0 unspecified atom stereocenters. The normalized spacial score (nSPS) is 13.1. The molecule has 0 bridgehead atoms. The lowest BCUT2D eigenvalue weighted by Gasteiger charge is -2.25. The molecule has 160 valence electrons. The van der Waals surface area contributed by atoms with Crippen LogP contribution in [0, 0.1) is 10.1 Å². The molecule has 1 aliphatic rings. The number of quaternary nitrogens is 1. The minimum atomic E-state index is -0.466. The molecular formula is C19H12Cl4IN5O2. The fourth-order valence-electron chi connectivity index (χ4n) is 2.88. The number of nitrogens with zero attached hydrogens (tertiary/aromatic N) is 4. The Kier molecular flexibility index (Phi) is 7.51. The van der Waals surface area contributed by atoms with Gasteiger partial charge < -0.3 is 24.0 Å². The molecule has 0 saturated carbocycles. The monoisotopic (exact) mass is 609 g/mol. The van der Waals surface area contributed by atoms with Crippen LogP contribution in [0.4, 0.5) is 17.1 Å². The van der Waals surface area contributed by atoms with E-state index < -0.39 is 4.92 Å². The fraction of sp³-hybridized carbons (Fsp3) is 0. The SMILES string of the molecule is O=[N+]([O-])c1ccc(N2N=C(c3ccccc3)[NH2+]N2c2cc(Cl)c(Cl)c(Cl)c2Cl)cc1.[I-]. The third-order valence-corrected chi connectivity index (χ3v) is 6.08. The Morgan fingerprint density at radius 3 is 2.16 bits per heavy atom. The summed E-state index contributed by atoms with van der Waals surface area (Å²) < 4.78 is 0. The van der Waals surface area contributed by atoms with E-state index in [1.54, 1.807) is 33.9 Å². The average Bonchev–Trinajstić information content (AvgIpc) is 3.20. The third kappa shape index (κ3) is 4.69. The highest BCUT2D eigenvalue weighted by Gasteiger charge is 2.34. The van der Waals surface area contributed by atoms with Crippen molar-refractivity contribution in [2.45, 2.75) is 0 Å².